The second-order valence-corrected chi connectivity index (χ2v) is 7.83. The number of amides is 3. The number of urea groups is 1. The van der Waals surface area contributed by atoms with Gasteiger partial charge in [-0.25, -0.2) is 9.78 Å². The first-order valence-electron chi connectivity index (χ1n) is 9.31. The van der Waals surface area contributed by atoms with Gasteiger partial charge in [0, 0.05) is 24.4 Å². The first-order chi connectivity index (χ1) is 14.1. The molecule has 4 rings (SSSR count). The van der Waals surface area contributed by atoms with Crippen LogP contribution >= 0.6 is 11.3 Å². The Hall–Kier alpha value is -3.39. The van der Waals surface area contributed by atoms with Crippen LogP contribution in [0.3, 0.4) is 0 Å². The summed E-state index contributed by atoms with van der Waals surface area (Å²) in [5.41, 5.74) is 8.88. The molecule has 2 heterocycles. The Kier molecular flexibility index (Phi) is 5.44. The van der Waals surface area contributed by atoms with Gasteiger partial charge in [0.2, 0.25) is 0 Å². The second-order valence-electron chi connectivity index (χ2n) is 6.75. The molecule has 0 radical (unpaired) electrons. The van der Waals surface area contributed by atoms with Crippen molar-refractivity contribution in [2.45, 2.75) is 19.5 Å². The Morgan fingerprint density at radius 1 is 1.10 bits per heavy atom. The highest BCUT2D eigenvalue weighted by atomic mass is 32.1. The molecule has 0 fully saturated rings. The Morgan fingerprint density at radius 2 is 1.86 bits per heavy atom. The zero-order chi connectivity index (χ0) is 20.2. The molecule has 3 amide bonds. The molecule has 148 valence electrons. The summed E-state index contributed by atoms with van der Waals surface area (Å²) >= 11 is 1.32. The Labute approximate surface area is 172 Å². The van der Waals surface area contributed by atoms with E-state index in [2.05, 4.69) is 15.6 Å². The standard InChI is InChI=1S/C21H21N5O2S/c22-15-8-4-5-9-16(15)24-19(27)20-25-17-10-11-26(13-18(17)29-20)21(28)23-12-14-6-2-1-3-7-14/h1-9H,10-13,22H2,(H,23,28)(H,24,27). The number of aromatic nitrogens is 1. The summed E-state index contributed by atoms with van der Waals surface area (Å²) in [4.78, 5) is 32.2. The Balaban J connectivity index is 1.38. The van der Waals surface area contributed by atoms with Crippen LogP contribution in [0.4, 0.5) is 16.2 Å². The number of carbonyl (C=O) groups excluding carboxylic acids is 2. The number of nitrogens with zero attached hydrogens (tertiary/aromatic N) is 2. The summed E-state index contributed by atoms with van der Waals surface area (Å²) in [7, 11) is 0. The van der Waals surface area contributed by atoms with Crippen LogP contribution in [0, 0.1) is 0 Å². The molecule has 8 heteroatoms. The molecule has 3 aromatic rings. The quantitative estimate of drug-likeness (QED) is 0.578. The molecular formula is C21H21N5O2S. The number of para-hydroxylation sites is 2. The molecule has 0 bridgehead atoms. The number of benzene rings is 2. The number of fused-ring (bicyclic) bond motifs is 1. The Morgan fingerprint density at radius 3 is 2.66 bits per heavy atom. The molecule has 4 N–H and O–H groups in total. The van der Waals surface area contributed by atoms with Crippen molar-refractivity contribution in [2.75, 3.05) is 17.6 Å². The lowest BCUT2D eigenvalue weighted by Crippen LogP contribution is -2.42. The minimum Gasteiger partial charge on any atom is -0.397 e. The van der Waals surface area contributed by atoms with Crippen LogP contribution in [0.2, 0.25) is 0 Å². The molecule has 0 atom stereocenters. The average Bonchev–Trinajstić information content (AvgIpc) is 3.18. The lowest BCUT2D eigenvalue weighted by molar-refractivity contribution is 0.102. The Bertz CT molecular complexity index is 1030. The average molecular weight is 407 g/mol. The maximum absolute atomic E-state index is 12.5. The van der Waals surface area contributed by atoms with E-state index in [1.54, 1.807) is 17.0 Å². The van der Waals surface area contributed by atoms with Crippen LogP contribution in [0.5, 0.6) is 0 Å². The van der Waals surface area contributed by atoms with E-state index in [-0.39, 0.29) is 11.9 Å². The van der Waals surface area contributed by atoms with Gasteiger partial charge in [-0.2, -0.15) is 0 Å². The zero-order valence-corrected chi connectivity index (χ0v) is 16.5. The highest BCUT2D eigenvalue weighted by Crippen LogP contribution is 2.26. The van der Waals surface area contributed by atoms with Gasteiger partial charge in [-0.05, 0) is 17.7 Å². The molecule has 0 spiro atoms. The van der Waals surface area contributed by atoms with Crippen LogP contribution < -0.4 is 16.4 Å². The van der Waals surface area contributed by atoms with Crippen molar-refractivity contribution in [2.24, 2.45) is 0 Å². The van der Waals surface area contributed by atoms with Gasteiger partial charge in [0.05, 0.1) is 23.6 Å². The lowest BCUT2D eigenvalue weighted by atomic mass is 10.2. The summed E-state index contributed by atoms with van der Waals surface area (Å²) in [6.45, 7) is 1.51. The number of hydrogen-bond acceptors (Lipinski definition) is 5. The van der Waals surface area contributed by atoms with Gasteiger partial charge in [0.1, 0.15) is 0 Å². The SMILES string of the molecule is Nc1ccccc1NC(=O)c1nc2c(s1)CN(C(=O)NCc1ccccc1)CC2. The van der Waals surface area contributed by atoms with Gasteiger partial charge in [-0.3, -0.25) is 4.79 Å². The van der Waals surface area contributed by atoms with E-state index in [4.69, 9.17) is 5.73 Å². The fourth-order valence-corrected chi connectivity index (χ4v) is 4.16. The fraction of sp³-hybridized carbons (Fsp3) is 0.190. The van der Waals surface area contributed by atoms with Crippen LogP contribution in [-0.2, 0) is 19.5 Å². The van der Waals surface area contributed by atoms with Crippen LogP contribution in [0.15, 0.2) is 54.6 Å². The third-order valence-electron chi connectivity index (χ3n) is 4.71. The molecule has 0 unspecified atom stereocenters. The molecule has 1 aliphatic rings. The number of nitrogens with one attached hydrogen (secondary N) is 2. The second kappa shape index (κ2) is 8.32. The molecule has 2 aromatic carbocycles. The van der Waals surface area contributed by atoms with E-state index in [9.17, 15) is 9.59 Å². The monoisotopic (exact) mass is 407 g/mol. The van der Waals surface area contributed by atoms with Gasteiger partial charge in [-0.15, -0.1) is 11.3 Å². The van der Waals surface area contributed by atoms with E-state index in [0.29, 0.717) is 42.4 Å². The molecule has 7 nitrogen and oxygen atoms in total. The number of nitrogen functional groups attached to an aromatic ring is 1. The summed E-state index contributed by atoms with van der Waals surface area (Å²) in [5, 5.41) is 6.12. The van der Waals surface area contributed by atoms with E-state index in [1.807, 2.05) is 42.5 Å². The number of anilines is 2. The molecule has 0 saturated carbocycles. The molecule has 1 aromatic heterocycles. The maximum atomic E-state index is 12.5. The summed E-state index contributed by atoms with van der Waals surface area (Å²) < 4.78 is 0. The van der Waals surface area contributed by atoms with Gasteiger partial charge < -0.3 is 21.3 Å². The number of thiazole rings is 1. The number of nitrogens with two attached hydrogens (primary N) is 1. The van der Waals surface area contributed by atoms with E-state index >= 15 is 0 Å². The topological polar surface area (TPSA) is 100 Å². The van der Waals surface area contributed by atoms with Crippen molar-refractivity contribution in [1.82, 2.24) is 15.2 Å². The van der Waals surface area contributed by atoms with Crippen molar-refractivity contribution >= 4 is 34.6 Å². The van der Waals surface area contributed by atoms with Gasteiger partial charge in [0.25, 0.3) is 5.91 Å². The molecule has 0 saturated heterocycles. The van der Waals surface area contributed by atoms with Crippen LogP contribution in [0.1, 0.15) is 25.9 Å². The largest absolute Gasteiger partial charge is 0.397 e. The van der Waals surface area contributed by atoms with Crippen molar-refractivity contribution < 1.29 is 9.59 Å². The van der Waals surface area contributed by atoms with Crippen molar-refractivity contribution in [3.63, 3.8) is 0 Å². The van der Waals surface area contributed by atoms with Crippen molar-refractivity contribution in [3.8, 4) is 0 Å². The van der Waals surface area contributed by atoms with Gasteiger partial charge in [-0.1, -0.05) is 42.5 Å². The highest BCUT2D eigenvalue weighted by molar-refractivity contribution is 7.13. The third kappa shape index (κ3) is 4.38. The zero-order valence-electron chi connectivity index (χ0n) is 15.7. The summed E-state index contributed by atoms with van der Waals surface area (Å²) in [6.07, 6.45) is 0.630. The predicted octanol–water partition coefficient (Wildman–Crippen LogP) is 3.25. The maximum Gasteiger partial charge on any atom is 0.318 e. The molecule has 1 aliphatic heterocycles. The van der Waals surface area contributed by atoms with Crippen LogP contribution in [-0.4, -0.2) is 28.4 Å². The van der Waals surface area contributed by atoms with E-state index in [0.717, 1.165) is 16.1 Å². The highest BCUT2D eigenvalue weighted by Gasteiger charge is 2.25. The van der Waals surface area contributed by atoms with Gasteiger partial charge in [0.15, 0.2) is 5.01 Å². The number of carbonyl (C=O) groups is 2. The van der Waals surface area contributed by atoms with Crippen LogP contribution in [0.25, 0.3) is 0 Å². The number of rotatable bonds is 4. The first-order valence-corrected chi connectivity index (χ1v) is 10.1. The number of hydrogen-bond donors (Lipinski definition) is 3. The van der Waals surface area contributed by atoms with E-state index < -0.39 is 0 Å². The lowest BCUT2D eigenvalue weighted by Gasteiger charge is -2.26. The molecule has 29 heavy (non-hydrogen) atoms. The summed E-state index contributed by atoms with van der Waals surface area (Å²) in [5.74, 6) is -0.289. The normalized spacial score (nSPS) is 12.9. The van der Waals surface area contributed by atoms with E-state index in [1.165, 1.54) is 11.3 Å². The fourth-order valence-electron chi connectivity index (χ4n) is 3.14. The minimum atomic E-state index is -0.289. The van der Waals surface area contributed by atoms with Crippen molar-refractivity contribution in [1.29, 1.82) is 0 Å². The molecular weight excluding hydrogens is 386 g/mol. The van der Waals surface area contributed by atoms with Crippen molar-refractivity contribution in [3.05, 3.63) is 75.7 Å². The molecule has 0 aliphatic carbocycles. The minimum absolute atomic E-state index is 0.115. The smallest absolute Gasteiger partial charge is 0.318 e. The summed E-state index contributed by atoms with van der Waals surface area (Å²) in [6, 6.07) is 16.8. The third-order valence-corrected chi connectivity index (χ3v) is 5.79. The van der Waals surface area contributed by atoms with Gasteiger partial charge >= 0.3 is 6.03 Å². The predicted molar refractivity (Wildman–Crippen MR) is 114 cm³/mol. The first kappa shape index (κ1) is 18.9.